The van der Waals surface area contributed by atoms with Gasteiger partial charge in [-0.2, -0.15) is 0 Å². The number of hydrogen-bond donors (Lipinski definition) is 0. The average molecular weight is 306 g/mol. The lowest BCUT2D eigenvalue weighted by molar-refractivity contribution is 0.216. The van der Waals surface area contributed by atoms with Gasteiger partial charge in [-0.05, 0) is 12.8 Å². The molecule has 1 heterocycles. The summed E-state index contributed by atoms with van der Waals surface area (Å²) in [4.78, 5) is 0. The summed E-state index contributed by atoms with van der Waals surface area (Å²) in [6.45, 7) is 5.28. The molecule has 1 aliphatic heterocycles. The molecule has 0 N–H and O–H groups in total. The Morgan fingerprint density at radius 1 is 1.06 bits per heavy atom. The molecule has 1 fully saturated rings. The maximum absolute atomic E-state index is 12.1. The van der Waals surface area contributed by atoms with Gasteiger partial charge in [-0.15, -0.1) is 0 Å². The van der Waals surface area contributed by atoms with Crippen molar-refractivity contribution in [2.75, 3.05) is 6.54 Å². The Morgan fingerprint density at radius 3 is 2.24 bits per heavy atom. The predicted molar refractivity (Wildman–Crippen MR) is 76.7 cm³/mol. The van der Waals surface area contributed by atoms with Crippen LogP contribution in [0.2, 0.25) is 0 Å². The van der Waals surface area contributed by atoms with Gasteiger partial charge in [0, 0.05) is 28.7 Å². The molecule has 0 aliphatic carbocycles. The fraction of sp³-hybridized carbons (Fsp3) is 1.00. The topological polar surface area (TPSA) is 29.5 Å². The van der Waals surface area contributed by atoms with Gasteiger partial charge in [0.15, 0.2) is 0 Å². The van der Waals surface area contributed by atoms with E-state index in [0.717, 1.165) is 25.8 Å². The van der Waals surface area contributed by atoms with Crippen LogP contribution in [0.1, 0.15) is 65.2 Å². The van der Waals surface area contributed by atoms with E-state index in [4.69, 9.17) is 0 Å². The van der Waals surface area contributed by atoms with Crippen molar-refractivity contribution < 1.29 is 0 Å². The summed E-state index contributed by atoms with van der Waals surface area (Å²) in [5, 5.41) is 13.5. The highest BCUT2D eigenvalue weighted by molar-refractivity contribution is 9.07. The van der Waals surface area contributed by atoms with Crippen LogP contribution in [0.3, 0.4) is 0 Å². The van der Waals surface area contributed by atoms with E-state index in [9.17, 15) is 5.21 Å². The van der Waals surface area contributed by atoms with Crippen molar-refractivity contribution in [3.8, 4) is 0 Å². The number of halogens is 1. The second kappa shape index (κ2) is 8.46. The van der Waals surface area contributed by atoms with Crippen molar-refractivity contribution >= 4 is 16.1 Å². The van der Waals surface area contributed by atoms with E-state index < -0.39 is 0 Å². The molecule has 1 aliphatic rings. The highest BCUT2D eigenvalue weighted by Crippen LogP contribution is 2.29. The van der Waals surface area contributed by atoms with Crippen LogP contribution < -0.4 is 0 Å². The summed E-state index contributed by atoms with van der Waals surface area (Å²) in [6.07, 6.45) is 9.35. The molecule has 0 spiro atoms. The summed E-state index contributed by atoms with van der Waals surface area (Å²) in [7, 11) is 0. The highest BCUT2D eigenvalue weighted by atomic mass is 79.9. The van der Waals surface area contributed by atoms with E-state index in [1.807, 2.05) is 0 Å². The van der Waals surface area contributed by atoms with Crippen molar-refractivity contribution in [2.24, 2.45) is 0 Å². The summed E-state index contributed by atoms with van der Waals surface area (Å²) < 4.78 is 2.06. The fourth-order valence-electron chi connectivity index (χ4n) is 2.46. The molecule has 0 saturated carbocycles. The van der Waals surface area contributed by atoms with Gasteiger partial charge in [0.05, 0.1) is 6.17 Å². The zero-order valence-corrected chi connectivity index (χ0v) is 12.8. The first kappa shape index (κ1) is 15.4. The minimum absolute atomic E-state index is 0.0631. The molecule has 1 rings (SSSR count). The first-order chi connectivity index (χ1) is 8.20. The molecule has 0 aromatic heterocycles. The van der Waals surface area contributed by atoms with Crippen LogP contribution in [0, 0.1) is 5.21 Å². The quantitative estimate of drug-likeness (QED) is 0.495. The molecule has 1 saturated heterocycles. The van der Waals surface area contributed by atoms with Crippen molar-refractivity contribution in [3.63, 3.8) is 0 Å². The van der Waals surface area contributed by atoms with Gasteiger partial charge in [0.2, 0.25) is 0 Å². The monoisotopic (exact) mass is 305 g/mol. The predicted octanol–water partition coefficient (Wildman–Crippen LogP) is 4.27. The van der Waals surface area contributed by atoms with E-state index >= 15 is 0 Å². The molecule has 0 amide bonds. The zero-order chi connectivity index (χ0) is 12.7. The number of rotatable bonds is 8. The first-order valence-electron chi connectivity index (χ1n) is 7.08. The lowest BCUT2D eigenvalue weighted by atomic mass is 10.1. The van der Waals surface area contributed by atoms with Crippen LogP contribution in [0.25, 0.3) is 0 Å². The minimum atomic E-state index is 0.0631. The van der Waals surface area contributed by atoms with E-state index in [1.165, 1.54) is 37.2 Å². The standard InChI is InChI=1S/C13H26BrN2O/c1-3-5-7-9-12-11-15(14)13(16(12)17)10-8-6-4-2/h12-13H,3-11H2,1-2H3/q-1. The van der Waals surface area contributed by atoms with Gasteiger partial charge < -0.3 is 10.3 Å². The summed E-state index contributed by atoms with van der Waals surface area (Å²) >= 11 is 3.54. The lowest BCUT2D eigenvalue weighted by Gasteiger charge is -2.36. The van der Waals surface area contributed by atoms with E-state index in [2.05, 4.69) is 33.9 Å². The Kier molecular flexibility index (Phi) is 7.67. The molecule has 0 bridgehead atoms. The van der Waals surface area contributed by atoms with E-state index in [0.29, 0.717) is 0 Å². The molecule has 2 atom stereocenters. The first-order valence-corrected chi connectivity index (χ1v) is 7.79. The molecular weight excluding hydrogens is 280 g/mol. The smallest absolute Gasteiger partial charge is 0.0614 e. The summed E-state index contributed by atoms with van der Waals surface area (Å²) in [5.41, 5.74) is 0. The molecule has 4 heteroatoms. The van der Waals surface area contributed by atoms with Crippen molar-refractivity contribution in [1.29, 1.82) is 0 Å². The van der Waals surface area contributed by atoms with Gasteiger partial charge >= 0.3 is 0 Å². The molecule has 17 heavy (non-hydrogen) atoms. The third kappa shape index (κ3) is 4.86. The Hall–Kier alpha value is 0.360. The minimum Gasteiger partial charge on any atom is -0.784 e. The SMILES string of the molecule is CCCCCC1CN(Br)C(CCCCC)N1[O-]. The summed E-state index contributed by atoms with van der Waals surface area (Å²) in [6, 6.07) is 0.201. The summed E-state index contributed by atoms with van der Waals surface area (Å²) in [5.74, 6) is 0. The van der Waals surface area contributed by atoms with Gasteiger partial charge in [0.25, 0.3) is 0 Å². The zero-order valence-electron chi connectivity index (χ0n) is 11.2. The van der Waals surface area contributed by atoms with Crippen molar-refractivity contribution in [2.45, 2.75) is 77.4 Å². The van der Waals surface area contributed by atoms with Crippen LogP contribution >= 0.6 is 16.1 Å². The molecule has 2 unspecified atom stereocenters. The third-order valence-electron chi connectivity index (χ3n) is 3.57. The Balaban J connectivity index is 2.30. The molecule has 0 aromatic rings. The highest BCUT2D eigenvalue weighted by Gasteiger charge is 2.31. The van der Waals surface area contributed by atoms with Crippen LogP contribution in [-0.4, -0.2) is 27.7 Å². The third-order valence-corrected chi connectivity index (χ3v) is 4.33. The van der Waals surface area contributed by atoms with Gasteiger partial charge in [0.1, 0.15) is 0 Å². The Bertz CT molecular complexity index is 204. The van der Waals surface area contributed by atoms with E-state index in [-0.39, 0.29) is 12.2 Å². The van der Waals surface area contributed by atoms with Crippen LogP contribution in [0.5, 0.6) is 0 Å². The second-order valence-electron chi connectivity index (χ2n) is 5.07. The second-order valence-corrected chi connectivity index (χ2v) is 5.98. The molecular formula is C13H26BrN2O-. The molecule has 102 valence electrons. The van der Waals surface area contributed by atoms with Crippen molar-refractivity contribution in [1.82, 2.24) is 8.99 Å². The van der Waals surface area contributed by atoms with Crippen LogP contribution in [0.15, 0.2) is 0 Å². The van der Waals surface area contributed by atoms with Crippen LogP contribution in [-0.2, 0) is 0 Å². The lowest BCUT2D eigenvalue weighted by Crippen LogP contribution is -2.33. The number of hydroxylamine groups is 2. The number of unbranched alkanes of at least 4 members (excludes halogenated alkanes) is 4. The Morgan fingerprint density at radius 2 is 1.65 bits per heavy atom. The largest absolute Gasteiger partial charge is 0.784 e. The molecule has 0 aromatic carbocycles. The number of nitrogens with zero attached hydrogens (tertiary/aromatic N) is 2. The normalized spacial score (nSPS) is 26.8. The number of hydrogen-bond acceptors (Lipinski definition) is 3. The molecule has 0 radical (unpaired) electrons. The van der Waals surface area contributed by atoms with Crippen LogP contribution in [0.4, 0.5) is 0 Å². The Labute approximate surface area is 114 Å². The maximum Gasteiger partial charge on any atom is 0.0614 e. The van der Waals surface area contributed by atoms with E-state index in [1.54, 1.807) is 0 Å². The van der Waals surface area contributed by atoms with Gasteiger partial charge in [-0.3, -0.25) is 0 Å². The van der Waals surface area contributed by atoms with Gasteiger partial charge in [-0.1, -0.05) is 52.4 Å². The molecule has 3 nitrogen and oxygen atoms in total. The van der Waals surface area contributed by atoms with Gasteiger partial charge in [-0.25, -0.2) is 3.93 Å². The maximum atomic E-state index is 12.1. The average Bonchev–Trinajstić information content (AvgIpc) is 2.57. The van der Waals surface area contributed by atoms with Crippen molar-refractivity contribution in [3.05, 3.63) is 5.21 Å². The fourth-order valence-corrected chi connectivity index (χ4v) is 3.18.